The molecule has 0 radical (unpaired) electrons. The Morgan fingerprint density at radius 2 is 2.00 bits per heavy atom. The molecule has 0 spiro atoms. The number of hydrogen-bond donors (Lipinski definition) is 1. The molecule has 2 rings (SSSR count). The molecular weight excluding hydrogens is 319 g/mol. The van der Waals surface area contributed by atoms with Crippen molar-refractivity contribution in [1.29, 1.82) is 0 Å². The van der Waals surface area contributed by atoms with E-state index in [1.807, 2.05) is 6.92 Å². The van der Waals surface area contributed by atoms with Crippen LogP contribution in [0, 0.1) is 0 Å². The highest BCUT2D eigenvalue weighted by Gasteiger charge is 2.30. The fourth-order valence-electron chi connectivity index (χ4n) is 1.89. The Kier molecular flexibility index (Phi) is 4.76. The highest BCUT2D eigenvalue weighted by Crippen LogP contribution is 2.29. The largest absolute Gasteiger partial charge is 0.417 e. The first-order valence-corrected chi connectivity index (χ1v) is 8.38. The van der Waals surface area contributed by atoms with E-state index in [1.165, 1.54) is 16.7 Å². The summed E-state index contributed by atoms with van der Waals surface area (Å²) < 4.78 is 64.8. The number of unbranched alkanes of at least 4 members (excludes halogenated alkanes) is 1. The summed E-state index contributed by atoms with van der Waals surface area (Å²) in [7, 11) is -3.39. The third-order valence-corrected chi connectivity index (χ3v) is 4.48. The average molecular weight is 335 g/mol. The van der Waals surface area contributed by atoms with Crippen LogP contribution in [0.1, 0.15) is 31.0 Å². The van der Waals surface area contributed by atoms with Gasteiger partial charge in [-0.05, 0) is 18.6 Å². The summed E-state index contributed by atoms with van der Waals surface area (Å²) in [4.78, 5) is 4.09. The molecule has 0 unspecified atom stereocenters. The van der Waals surface area contributed by atoms with Gasteiger partial charge in [-0.1, -0.05) is 13.3 Å². The molecule has 0 aliphatic carbocycles. The molecule has 0 aliphatic heterocycles. The number of hydrogen-bond acceptors (Lipinski definition) is 3. The Labute approximate surface area is 126 Å². The predicted molar refractivity (Wildman–Crippen MR) is 75.7 cm³/mol. The summed E-state index contributed by atoms with van der Waals surface area (Å²) in [6, 6.07) is 2.19. The predicted octanol–water partition coefficient (Wildman–Crippen LogP) is 2.57. The van der Waals surface area contributed by atoms with Gasteiger partial charge in [-0.3, -0.25) is 0 Å². The molecule has 1 N–H and O–H groups in total. The Bertz CT molecular complexity index is 753. The molecule has 0 aromatic carbocycles. The van der Waals surface area contributed by atoms with Gasteiger partial charge in [-0.25, -0.2) is 18.1 Å². The van der Waals surface area contributed by atoms with E-state index in [-0.39, 0.29) is 12.3 Å². The summed E-state index contributed by atoms with van der Waals surface area (Å²) in [5.74, 6) is 0.0229. The number of halogens is 3. The van der Waals surface area contributed by atoms with E-state index in [0.29, 0.717) is 17.8 Å². The van der Waals surface area contributed by atoms with Gasteiger partial charge in [0.2, 0.25) is 10.0 Å². The fraction of sp³-hybridized carbons (Fsp3) is 0.462. The SMILES string of the molecule is CCCCS(=O)(=O)NCc1cn2cc(C(F)(F)F)ccc2n1. The summed E-state index contributed by atoms with van der Waals surface area (Å²) in [5, 5.41) is 0. The van der Waals surface area contributed by atoms with E-state index in [4.69, 9.17) is 0 Å². The second kappa shape index (κ2) is 6.25. The highest BCUT2D eigenvalue weighted by molar-refractivity contribution is 7.89. The molecule has 0 bridgehead atoms. The van der Waals surface area contributed by atoms with E-state index < -0.39 is 21.8 Å². The van der Waals surface area contributed by atoms with Crippen molar-refractivity contribution in [2.24, 2.45) is 0 Å². The van der Waals surface area contributed by atoms with Crippen LogP contribution in [0.15, 0.2) is 24.5 Å². The second-order valence-corrected chi connectivity index (χ2v) is 6.83. The summed E-state index contributed by atoms with van der Waals surface area (Å²) >= 11 is 0. The molecule has 2 aromatic rings. The first kappa shape index (κ1) is 16.8. The highest BCUT2D eigenvalue weighted by atomic mass is 32.2. The number of aromatic nitrogens is 2. The lowest BCUT2D eigenvalue weighted by Gasteiger charge is -2.05. The Hall–Kier alpha value is -1.61. The minimum Gasteiger partial charge on any atom is -0.306 e. The monoisotopic (exact) mass is 335 g/mol. The zero-order valence-electron chi connectivity index (χ0n) is 11.9. The van der Waals surface area contributed by atoms with Gasteiger partial charge in [-0.15, -0.1) is 0 Å². The first-order chi connectivity index (χ1) is 10.2. The van der Waals surface area contributed by atoms with Crippen LogP contribution < -0.4 is 4.72 Å². The minimum absolute atomic E-state index is 0.0229. The van der Waals surface area contributed by atoms with Crippen molar-refractivity contribution < 1.29 is 21.6 Å². The third-order valence-electron chi connectivity index (χ3n) is 3.07. The number of alkyl halides is 3. The number of rotatable bonds is 6. The van der Waals surface area contributed by atoms with E-state index in [1.54, 1.807) is 0 Å². The average Bonchev–Trinajstić information content (AvgIpc) is 2.84. The van der Waals surface area contributed by atoms with Gasteiger partial charge < -0.3 is 4.40 Å². The number of sulfonamides is 1. The van der Waals surface area contributed by atoms with Crippen LogP contribution in [0.25, 0.3) is 5.65 Å². The van der Waals surface area contributed by atoms with Crippen LogP contribution in [-0.2, 0) is 22.7 Å². The summed E-state index contributed by atoms with van der Waals surface area (Å²) in [6.07, 6.45) is -0.810. The van der Waals surface area contributed by atoms with Gasteiger partial charge in [0.05, 0.1) is 23.6 Å². The second-order valence-electron chi connectivity index (χ2n) is 4.91. The van der Waals surface area contributed by atoms with Gasteiger partial charge in [0.1, 0.15) is 5.65 Å². The van der Waals surface area contributed by atoms with E-state index in [0.717, 1.165) is 18.7 Å². The molecule has 22 heavy (non-hydrogen) atoms. The normalized spacial score (nSPS) is 12.9. The molecule has 0 saturated carbocycles. The van der Waals surface area contributed by atoms with Crippen molar-refractivity contribution in [2.45, 2.75) is 32.5 Å². The molecule has 5 nitrogen and oxygen atoms in total. The van der Waals surface area contributed by atoms with Crippen molar-refractivity contribution in [2.75, 3.05) is 5.75 Å². The van der Waals surface area contributed by atoms with Crippen molar-refractivity contribution in [3.05, 3.63) is 35.8 Å². The zero-order valence-corrected chi connectivity index (χ0v) is 12.7. The molecule has 0 saturated heterocycles. The van der Waals surface area contributed by atoms with Gasteiger partial charge >= 0.3 is 6.18 Å². The van der Waals surface area contributed by atoms with Gasteiger partial charge in [-0.2, -0.15) is 13.2 Å². The molecule has 122 valence electrons. The maximum Gasteiger partial charge on any atom is 0.417 e. The van der Waals surface area contributed by atoms with Crippen molar-refractivity contribution in [1.82, 2.24) is 14.1 Å². The smallest absolute Gasteiger partial charge is 0.306 e. The van der Waals surface area contributed by atoms with Crippen LogP contribution >= 0.6 is 0 Å². The number of imidazole rings is 1. The van der Waals surface area contributed by atoms with Crippen molar-refractivity contribution in [3.8, 4) is 0 Å². The molecular formula is C13H16F3N3O2S. The molecule has 0 aliphatic rings. The van der Waals surface area contributed by atoms with Crippen LogP contribution in [0.4, 0.5) is 13.2 Å². The lowest BCUT2D eigenvalue weighted by Crippen LogP contribution is -2.26. The summed E-state index contributed by atoms with van der Waals surface area (Å²) in [6.45, 7) is 1.84. The van der Waals surface area contributed by atoms with Gasteiger partial charge in [0, 0.05) is 12.4 Å². The van der Waals surface area contributed by atoms with Crippen LogP contribution in [0.2, 0.25) is 0 Å². The van der Waals surface area contributed by atoms with Crippen molar-refractivity contribution >= 4 is 15.7 Å². The molecule has 0 amide bonds. The van der Waals surface area contributed by atoms with E-state index in [9.17, 15) is 21.6 Å². The first-order valence-electron chi connectivity index (χ1n) is 6.73. The Balaban J connectivity index is 2.13. The van der Waals surface area contributed by atoms with Crippen LogP contribution in [0.5, 0.6) is 0 Å². The maximum absolute atomic E-state index is 12.6. The lowest BCUT2D eigenvalue weighted by atomic mass is 10.3. The van der Waals surface area contributed by atoms with E-state index in [2.05, 4.69) is 9.71 Å². The minimum atomic E-state index is -4.43. The molecule has 2 aromatic heterocycles. The topological polar surface area (TPSA) is 63.5 Å². The van der Waals surface area contributed by atoms with E-state index >= 15 is 0 Å². The van der Waals surface area contributed by atoms with Gasteiger partial charge in [0.25, 0.3) is 0 Å². The number of nitrogens with zero attached hydrogens (tertiary/aromatic N) is 2. The van der Waals surface area contributed by atoms with Crippen molar-refractivity contribution in [3.63, 3.8) is 0 Å². The Morgan fingerprint density at radius 3 is 2.64 bits per heavy atom. The third kappa shape index (κ3) is 4.20. The number of nitrogens with one attached hydrogen (secondary N) is 1. The number of pyridine rings is 1. The molecule has 0 atom stereocenters. The van der Waals surface area contributed by atoms with Gasteiger partial charge in [0.15, 0.2) is 0 Å². The summed E-state index contributed by atoms with van der Waals surface area (Å²) in [5.41, 5.74) is -0.0948. The molecule has 0 fully saturated rings. The molecule has 9 heteroatoms. The van der Waals surface area contributed by atoms with Crippen LogP contribution in [-0.4, -0.2) is 23.6 Å². The standard InChI is InChI=1S/C13H16F3N3O2S/c1-2-3-6-22(20,21)17-7-11-9-19-8-10(13(14,15)16)4-5-12(19)18-11/h4-5,8-9,17H,2-3,6-7H2,1H3. The number of fused-ring (bicyclic) bond motifs is 1. The maximum atomic E-state index is 12.6. The fourth-order valence-corrected chi connectivity index (χ4v) is 3.07. The van der Waals surface area contributed by atoms with Crippen LogP contribution in [0.3, 0.4) is 0 Å². The lowest BCUT2D eigenvalue weighted by molar-refractivity contribution is -0.137. The quantitative estimate of drug-likeness (QED) is 0.882. The Morgan fingerprint density at radius 1 is 1.27 bits per heavy atom. The zero-order chi connectivity index (χ0) is 16.4. The molecule has 2 heterocycles.